The summed E-state index contributed by atoms with van der Waals surface area (Å²) < 4.78 is 5.63. The van der Waals surface area contributed by atoms with Crippen LogP contribution in [0, 0.1) is 0 Å². The molecule has 0 radical (unpaired) electrons. The molecule has 0 saturated carbocycles. The van der Waals surface area contributed by atoms with Crippen LogP contribution in [-0.2, 0) is 0 Å². The zero-order valence-corrected chi connectivity index (χ0v) is 16.9. The molecule has 0 saturated heterocycles. The van der Waals surface area contributed by atoms with Gasteiger partial charge in [0.1, 0.15) is 16.3 Å². The molecule has 2 aromatic carbocycles. The number of aromatic nitrogens is 4. The number of nitrogens with zero attached hydrogens (tertiary/aromatic N) is 4. The zero-order chi connectivity index (χ0) is 19.8. The Morgan fingerprint density at radius 1 is 0.862 bits per heavy atom. The number of aromatic hydroxyl groups is 1. The lowest BCUT2D eigenvalue weighted by Crippen LogP contribution is -1.93. The van der Waals surface area contributed by atoms with E-state index in [2.05, 4.69) is 20.4 Å². The monoisotopic (exact) mass is 418 g/mol. The van der Waals surface area contributed by atoms with Gasteiger partial charge in [0.2, 0.25) is 0 Å². The van der Waals surface area contributed by atoms with Crippen molar-refractivity contribution in [2.75, 3.05) is 6.26 Å². The lowest BCUT2D eigenvalue weighted by atomic mass is 9.97. The Labute approximate surface area is 174 Å². The molecule has 0 bridgehead atoms. The summed E-state index contributed by atoms with van der Waals surface area (Å²) in [5.74, 6) is 0.349. The van der Waals surface area contributed by atoms with Crippen LogP contribution in [0.4, 0.5) is 0 Å². The summed E-state index contributed by atoms with van der Waals surface area (Å²) in [7, 11) is 0. The van der Waals surface area contributed by atoms with Gasteiger partial charge in [0.25, 0.3) is 11.1 Å². The predicted molar refractivity (Wildman–Crippen MR) is 115 cm³/mol. The first-order valence-corrected chi connectivity index (χ1v) is 10.8. The third kappa shape index (κ3) is 3.06. The van der Waals surface area contributed by atoms with Crippen LogP contribution in [0.15, 0.2) is 70.3 Å². The maximum Gasteiger partial charge on any atom is 0.276 e. The lowest BCUT2D eigenvalue weighted by molar-refractivity contribution is 0.457. The van der Waals surface area contributed by atoms with E-state index in [1.165, 1.54) is 23.1 Å². The van der Waals surface area contributed by atoms with E-state index in [1.54, 1.807) is 0 Å². The molecule has 8 heteroatoms. The number of hydrogen-bond acceptors (Lipinski definition) is 8. The van der Waals surface area contributed by atoms with Gasteiger partial charge >= 0.3 is 0 Å². The van der Waals surface area contributed by atoms with E-state index in [0.717, 1.165) is 16.7 Å². The van der Waals surface area contributed by atoms with Crippen molar-refractivity contribution in [3.63, 3.8) is 0 Å². The first kappa shape index (κ1) is 17.8. The second-order valence-corrected chi connectivity index (χ2v) is 7.95. The molecule has 0 aliphatic heterocycles. The van der Waals surface area contributed by atoms with Gasteiger partial charge in [0, 0.05) is 11.1 Å². The lowest BCUT2D eigenvalue weighted by Gasteiger charge is -2.10. The van der Waals surface area contributed by atoms with E-state index in [-0.39, 0.29) is 11.6 Å². The van der Waals surface area contributed by atoms with Crippen molar-refractivity contribution < 1.29 is 9.52 Å². The second kappa shape index (κ2) is 7.31. The highest BCUT2D eigenvalue weighted by molar-refractivity contribution is 7.98. The molecule has 3 heterocycles. The fraction of sp³-hybridized carbons (Fsp3) is 0.0476. The van der Waals surface area contributed by atoms with Gasteiger partial charge < -0.3 is 9.52 Å². The molecule has 0 aliphatic rings. The summed E-state index contributed by atoms with van der Waals surface area (Å²) in [4.78, 5) is 1.10. The number of benzene rings is 2. The van der Waals surface area contributed by atoms with E-state index < -0.39 is 0 Å². The van der Waals surface area contributed by atoms with Crippen molar-refractivity contribution >= 4 is 33.3 Å². The van der Waals surface area contributed by atoms with Gasteiger partial charge in [-0.25, -0.2) is 0 Å². The SMILES string of the molecule is CSc1nnc(-c2sc3nnc(-c4ccccc4)c(-c4ccccc4)c3c2O)o1. The van der Waals surface area contributed by atoms with Crippen LogP contribution >= 0.6 is 23.1 Å². The van der Waals surface area contributed by atoms with E-state index in [0.29, 0.717) is 26.0 Å². The van der Waals surface area contributed by atoms with Gasteiger partial charge in [-0.15, -0.1) is 31.7 Å². The van der Waals surface area contributed by atoms with Gasteiger partial charge in [0.15, 0.2) is 4.83 Å². The molecule has 3 aromatic heterocycles. The standard InChI is InChI=1S/C21H14N4O2S2/c1-28-21-25-23-19(27-21)18-17(26)15-14(12-8-4-2-5-9-12)16(22-24-20(15)29-18)13-10-6-3-7-11-13/h2-11,26H,1H3. The maximum atomic E-state index is 11.1. The number of hydrogen-bond donors (Lipinski definition) is 1. The molecule has 1 N–H and O–H groups in total. The molecule has 29 heavy (non-hydrogen) atoms. The average molecular weight is 419 g/mol. The Kier molecular flexibility index (Phi) is 4.49. The van der Waals surface area contributed by atoms with E-state index in [9.17, 15) is 5.11 Å². The molecule has 0 unspecified atom stereocenters. The average Bonchev–Trinajstić information content (AvgIpc) is 3.39. The van der Waals surface area contributed by atoms with E-state index in [1.807, 2.05) is 66.9 Å². The minimum Gasteiger partial charge on any atom is -0.505 e. The third-order valence-electron chi connectivity index (χ3n) is 4.48. The van der Waals surface area contributed by atoms with Gasteiger partial charge in [-0.3, -0.25) is 0 Å². The van der Waals surface area contributed by atoms with Crippen molar-refractivity contribution in [2.45, 2.75) is 5.22 Å². The molecule has 0 amide bonds. The molecule has 0 fully saturated rings. The van der Waals surface area contributed by atoms with Crippen LogP contribution in [0.2, 0.25) is 0 Å². The van der Waals surface area contributed by atoms with Gasteiger partial charge in [-0.2, -0.15) is 0 Å². The van der Waals surface area contributed by atoms with Crippen LogP contribution in [0.3, 0.4) is 0 Å². The first-order chi connectivity index (χ1) is 14.3. The second-order valence-electron chi connectivity index (χ2n) is 6.19. The summed E-state index contributed by atoms with van der Waals surface area (Å²) in [6, 6.07) is 19.7. The molecule has 5 aromatic rings. The van der Waals surface area contributed by atoms with Crippen molar-refractivity contribution in [2.24, 2.45) is 0 Å². The molecule has 6 nitrogen and oxygen atoms in total. The Hall–Kier alpha value is -3.23. The predicted octanol–water partition coefficient (Wildman–Crippen LogP) is 5.50. The van der Waals surface area contributed by atoms with E-state index in [4.69, 9.17) is 4.42 Å². The Morgan fingerprint density at radius 3 is 2.21 bits per heavy atom. The number of fused-ring (bicyclic) bond motifs is 1. The van der Waals surface area contributed by atoms with Crippen molar-refractivity contribution in [3.05, 3.63) is 60.7 Å². The van der Waals surface area contributed by atoms with Gasteiger partial charge in [-0.05, 0) is 11.8 Å². The molecule has 5 rings (SSSR count). The summed E-state index contributed by atoms with van der Waals surface area (Å²) in [5, 5.41) is 29.1. The fourth-order valence-electron chi connectivity index (χ4n) is 3.18. The summed E-state index contributed by atoms with van der Waals surface area (Å²) >= 11 is 2.64. The fourth-order valence-corrected chi connectivity index (χ4v) is 4.41. The molecule has 0 spiro atoms. The Bertz CT molecular complexity index is 1300. The summed E-state index contributed by atoms with van der Waals surface area (Å²) in [6.07, 6.45) is 1.85. The number of thiophene rings is 1. The molecule has 0 atom stereocenters. The van der Waals surface area contributed by atoms with Crippen molar-refractivity contribution in [1.82, 2.24) is 20.4 Å². The van der Waals surface area contributed by atoms with Crippen LogP contribution in [0.1, 0.15) is 0 Å². The number of thioether (sulfide) groups is 1. The molecule has 0 aliphatic carbocycles. The van der Waals surface area contributed by atoms with Gasteiger partial charge in [-0.1, -0.05) is 72.4 Å². The van der Waals surface area contributed by atoms with Gasteiger partial charge in [0.05, 0.1) is 5.39 Å². The highest BCUT2D eigenvalue weighted by Crippen LogP contribution is 2.48. The van der Waals surface area contributed by atoms with Crippen molar-refractivity contribution in [1.29, 1.82) is 0 Å². The molecule has 142 valence electrons. The van der Waals surface area contributed by atoms with Crippen molar-refractivity contribution in [3.8, 4) is 38.9 Å². The molecular weight excluding hydrogens is 404 g/mol. The first-order valence-electron chi connectivity index (χ1n) is 8.77. The minimum atomic E-state index is 0.0761. The zero-order valence-electron chi connectivity index (χ0n) is 15.2. The number of rotatable bonds is 4. The topological polar surface area (TPSA) is 84.9 Å². The summed E-state index contributed by atoms with van der Waals surface area (Å²) in [5.41, 5.74) is 3.40. The maximum absolute atomic E-state index is 11.1. The van der Waals surface area contributed by atoms with Crippen LogP contribution in [-0.4, -0.2) is 31.8 Å². The summed E-state index contributed by atoms with van der Waals surface area (Å²) in [6.45, 7) is 0. The smallest absolute Gasteiger partial charge is 0.276 e. The van der Waals surface area contributed by atoms with E-state index >= 15 is 0 Å². The van der Waals surface area contributed by atoms with Crippen LogP contribution in [0.5, 0.6) is 5.75 Å². The van der Waals surface area contributed by atoms with Crippen LogP contribution in [0.25, 0.3) is 43.4 Å². The largest absolute Gasteiger partial charge is 0.505 e. The molecular formula is C21H14N4O2S2. The highest BCUT2D eigenvalue weighted by Gasteiger charge is 2.25. The Balaban J connectivity index is 1.83. The highest BCUT2D eigenvalue weighted by atomic mass is 32.2. The van der Waals surface area contributed by atoms with Crippen LogP contribution < -0.4 is 0 Å². The normalized spacial score (nSPS) is 11.2. The Morgan fingerprint density at radius 2 is 1.55 bits per heavy atom. The third-order valence-corrected chi connectivity index (χ3v) is 6.04. The minimum absolute atomic E-state index is 0.0761. The quantitative estimate of drug-likeness (QED) is 0.386.